The van der Waals surface area contributed by atoms with E-state index in [1.807, 2.05) is 22.9 Å². The van der Waals surface area contributed by atoms with Gasteiger partial charge in [-0.15, -0.1) is 29.3 Å². The van der Waals surface area contributed by atoms with Crippen molar-refractivity contribution in [3.63, 3.8) is 0 Å². The van der Waals surface area contributed by atoms with E-state index in [1.165, 1.54) is 15.9 Å². The molecule has 0 radical (unpaired) electrons. The van der Waals surface area contributed by atoms with Crippen molar-refractivity contribution in [2.24, 2.45) is 0 Å². The van der Waals surface area contributed by atoms with Crippen LogP contribution < -0.4 is 16.2 Å². The van der Waals surface area contributed by atoms with Crippen molar-refractivity contribution >= 4 is 56.6 Å². The second kappa shape index (κ2) is 9.18. The van der Waals surface area contributed by atoms with Crippen LogP contribution in [0.2, 0.25) is 0 Å². The van der Waals surface area contributed by atoms with Gasteiger partial charge in [-0.2, -0.15) is 0 Å². The molecular weight excluding hydrogens is 416 g/mol. The van der Waals surface area contributed by atoms with Crippen LogP contribution in [0.25, 0.3) is 20.7 Å². The highest BCUT2D eigenvalue weighted by Gasteiger charge is 2.18. The van der Waals surface area contributed by atoms with Gasteiger partial charge in [0, 0.05) is 28.9 Å². The molecule has 0 aliphatic heterocycles. The van der Waals surface area contributed by atoms with E-state index < -0.39 is 11.9 Å². The first-order valence-electron chi connectivity index (χ1n) is 8.42. The van der Waals surface area contributed by atoms with Crippen molar-refractivity contribution in [3.8, 4) is 10.4 Å². The van der Waals surface area contributed by atoms with Gasteiger partial charge in [0.15, 0.2) is 5.16 Å². The summed E-state index contributed by atoms with van der Waals surface area (Å²) in [5.41, 5.74) is 0.706. The van der Waals surface area contributed by atoms with Crippen LogP contribution in [0.15, 0.2) is 45.5 Å². The van der Waals surface area contributed by atoms with Crippen molar-refractivity contribution in [1.82, 2.24) is 20.2 Å². The minimum Gasteiger partial charge on any atom is -0.338 e. The van der Waals surface area contributed by atoms with Gasteiger partial charge in [0.1, 0.15) is 4.83 Å². The van der Waals surface area contributed by atoms with Crippen molar-refractivity contribution in [2.75, 3.05) is 12.3 Å². The van der Waals surface area contributed by atoms with Gasteiger partial charge in [-0.05, 0) is 18.4 Å². The molecule has 3 aromatic rings. The largest absolute Gasteiger partial charge is 0.338 e. The van der Waals surface area contributed by atoms with Crippen LogP contribution >= 0.6 is 34.4 Å². The Labute approximate surface area is 173 Å². The lowest BCUT2D eigenvalue weighted by Gasteiger charge is -2.10. The topological polar surface area (TPSA) is 93.1 Å². The number of thiophene rings is 2. The number of thioether (sulfide) groups is 1. The number of aromatic nitrogens is 2. The van der Waals surface area contributed by atoms with Crippen LogP contribution in [0.3, 0.4) is 0 Å². The molecule has 28 heavy (non-hydrogen) atoms. The fourth-order valence-corrected chi connectivity index (χ4v) is 5.13. The molecule has 0 aliphatic rings. The van der Waals surface area contributed by atoms with Gasteiger partial charge in [-0.1, -0.05) is 23.9 Å². The normalized spacial score (nSPS) is 10.8. The fraction of sp³-hybridized carbons (Fsp3) is 0.222. The summed E-state index contributed by atoms with van der Waals surface area (Å²) in [6.45, 7) is 6.17. The van der Waals surface area contributed by atoms with E-state index in [4.69, 9.17) is 0 Å². The molecule has 2 N–H and O–H groups in total. The maximum atomic E-state index is 13.1. The summed E-state index contributed by atoms with van der Waals surface area (Å²) in [6.07, 6.45) is 1.62. The number of carbonyl (C=O) groups is 2. The Bertz CT molecular complexity index is 1070. The number of hydrogen-bond donors (Lipinski definition) is 2. The summed E-state index contributed by atoms with van der Waals surface area (Å²) in [4.78, 5) is 42.8. The minimum absolute atomic E-state index is 0.0324. The molecule has 7 nitrogen and oxygen atoms in total. The van der Waals surface area contributed by atoms with Crippen LogP contribution in [-0.4, -0.2) is 33.8 Å². The highest BCUT2D eigenvalue weighted by molar-refractivity contribution is 7.99. The van der Waals surface area contributed by atoms with Gasteiger partial charge in [0.05, 0.1) is 11.1 Å². The Morgan fingerprint density at radius 2 is 2.21 bits per heavy atom. The number of urea groups is 1. The molecule has 0 saturated carbocycles. The Hall–Kier alpha value is -2.43. The second-order valence-corrected chi connectivity index (χ2v) is 8.35. The zero-order valence-corrected chi connectivity index (χ0v) is 17.5. The first kappa shape index (κ1) is 20.3. The molecule has 0 aliphatic carbocycles. The summed E-state index contributed by atoms with van der Waals surface area (Å²) >= 11 is 4.08. The molecule has 3 amide bonds. The number of nitrogens with zero attached hydrogens (tertiary/aromatic N) is 2. The maximum absolute atomic E-state index is 13.1. The number of allylic oxidation sites excluding steroid dienone is 1. The van der Waals surface area contributed by atoms with Crippen molar-refractivity contribution in [1.29, 1.82) is 0 Å². The summed E-state index contributed by atoms with van der Waals surface area (Å²) in [6, 6.07) is 3.37. The summed E-state index contributed by atoms with van der Waals surface area (Å²) in [5.74, 6) is -0.490. The van der Waals surface area contributed by atoms with Gasteiger partial charge in [-0.25, -0.2) is 9.78 Å². The number of carbonyl (C=O) groups excluding carboxylic acids is 2. The quantitative estimate of drug-likeness (QED) is 0.338. The van der Waals surface area contributed by atoms with Crippen LogP contribution in [-0.2, 0) is 11.3 Å². The predicted molar refractivity (Wildman–Crippen MR) is 115 cm³/mol. The van der Waals surface area contributed by atoms with E-state index >= 15 is 0 Å². The number of rotatable bonds is 7. The second-order valence-electron chi connectivity index (χ2n) is 5.60. The molecule has 3 aromatic heterocycles. The SMILES string of the molecule is C=CCn1c(SCC(=O)NC(=O)NCC)nc2scc(-c3cccs3)c2c1=O. The van der Waals surface area contributed by atoms with Gasteiger partial charge >= 0.3 is 6.03 Å². The van der Waals surface area contributed by atoms with Crippen molar-refractivity contribution in [2.45, 2.75) is 18.6 Å². The molecule has 0 aromatic carbocycles. The number of imide groups is 1. The smallest absolute Gasteiger partial charge is 0.321 e. The standard InChI is InChI=1S/C18H18N4O3S3/c1-3-7-22-16(24)14-11(12-6-5-8-26-12)9-27-15(14)21-18(22)28-10-13(23)20-17(25)19-4-2/h3,5-6,8-9H,1,4,7,10H2,2H3,(H2,19,20,23,25). The summed E-state index contributed by atoms with van der Waals surface area (Å²) < 4.78 is 1.50. The molecule has 10 heteroatoms. The Morgan fingerprint density at radius 3 is 2.89 bits per heavy atom. The lowest BCUT2D eigenvalue weighted by atomic mass is 10.2. The first-order valence-corrected chi connectivity index (χ1v) is 11.2. The van der Waals surface area contributed by atoms with Gasteiger partial charge in [0.2, 0.25) is 5.91 Å². The molecule has 0 bridgehead atoms. The zero-order chi connectivity index (χ0) is 20.1. The van der Waals surface area contributed by atoms with E-state index in [-0.39, 0.29) is 17.9 Å². The third-order valence-corrected chi connectivity index (χ3v) is 6.43. The Balaban J connectivity index is 1.91. The molecule has 0 atom stereocenters. The molecule has 0 saturated heterocycles. The number of nitrogens with one attached hydrogen (secondary N) is 2. The van der Waals surface area contributed by atoms with Crippen LogP contribution in [0.1, 0.15) is 6.92 Å². The Morgan fingerprint density at radius 1 is 1.39 bits per heavy atom. The van der Waals surface area contributed by atoms with Crippen molar-refractivity contribution in [3.05, 3.63) is 45.9 Å². The summed E-state index contributed by atoms with van der Waals surface area (Å²) in [7, 11) is 0. The average molecular weight is 435 g/mol. The van der Waals surface area contributed by atoms with Gasteiger partial charge in [-0.3, -0.25) is 19.5 Å². The molecule has 0 unspecified atom stereocenters. The molecular formula is C18H18N4O3S3. The summed E-state index contributed by atoms with van der Waals surface area (Å²) in [5, 5.41) is 9.62. The van der Waals surface area contributed by atoms with E-state index in [1.54, 1.807) is 24.3 Å². The lowest BCUT2D eigenvalue weighted by molar-refractivity contribution is -0.117. The monoisotopic (exact) mass is 434 g/mol. The highest BCUT2D eigenvalue weighted by atomic mass is 32.2. The fourth-order valence-electron chi connectivity index (χ4n) is 2.52. The van der Waals surface area contributed by atoms with Gasteiger partial charge < -0.3 is 5.32 Å². The molecule has 3 heterocycles. The first-order chi connectivity index (χ1) is 13.5. The van der Waals surface area contributed by atoms with Crippen LogP contribution in [0.5, 0.6) is 0 Å². The van der Waals surface area contributed by atoms with E-state index in [0.29, 0.717) is 21.9 Å². The van der Waals surface area contributed by atoms with Crippen LogP contribution in [0.4, 0.5) is 4.79 Å². The minimum atomic E-state index is -0.543. The Kier molecular flexibility index (Phi) is 6.65. The van der Waals surface area contributed by atoms with Gasteiger partial charge in [0.25, 0.3) is 5.56 Å². The molecule has 3 rings (SSSR count). The third-order valence-electron chi connectivity index (χ3n) is 3.68. The highest BCUT2D eigenvalue weighted by Crippen LogP contribution is 2.34. The third kappa shape index (κ3) is 4.34. The molecule has 0 spiro atoms. The van der Waals surface area contributed by atoms with E-state index in [0.717, 1.165) is 22.2 Å². The molecule has 146 valence electrons. The van der Waals surface area contributed by atoms with Crippen molar-refractivity contribution < 1.29 is 9.59 Å². The molecule has 0 fully saturated rings. The van der Waals surface area contributed by atoms with E-state index in [9.17, 15) is 14.4 Å². The van der Waals surface area contributed by atoms with Crippen LogP contribution in [0, 0.1) is 0 Å². The number of hydrogen-bond acceptors (Lipinski definition) is 7. The van der Waals surface area contributed by atoms with E-state index in [2.05, 4.69) is 22.2 Å². The predicted octanol–water partition coefficient (Wildman–Crippen LogP) is 3.31. The maximum Gasteiger partial charge on any atom is 0.321 e. The number of fused-ring (bicyclic) bond motifs is 1. The average Bonchev–Trinajstić information content (AvgIpc) is 3.32. The zero-order valence-electron chi connectivity index (χ0n) is 15.1. The number of amides is 3. The lowest BCUT2D eigenvalue weighted by Crippen LogP contribution is -2.40.